The van der Waals surface area contributed by atoms with E-state index in [1.165, 1.54) is 24.8 Å². The minimum Gasteiger partial charge on any atom is -0.508 e. The molecule has 0 bridgehead atoms. The van der Waals surface area contributed by atoms with E-state index >= 15 is 0 Å². The summed E-state index contributed by atoms with van der Waals surface area (Å²) < 4.78 is 5.37. The first-order chi connectivity index (χ1) is 21.9. The fourth-order valence-electron chi connectivity index (χ4n) is 5.15. The molecule has 5 rings (SSSR count). The van der Waals surface area contributed by atoms with Gasteiger partial charge in [0.15, 0.2) is 0 Å². The number of hydrogen-bond donors (Lipinski definition) is 1. The van der Waals surface area contributed by atoms with Crippen LogP contribution in [0.15, 0.2) is 66.1 Å². The number of aromatic hydroxyl groups is 1. The summed E-state index contributed by atoms with van der Waals surface area (Å²) in [6, 6.07) is 11.3. The van der Waals surface area contributed by atoms with E-state index < -0.39 is 0 Å². The van der Waals surface area contributed by atoms with Crippen molar-refractivity contribution in [2.24, 2.45) is 11.3 Å². The number of phenolic OH excluding ortho intramolecular Hbond substituents is 1. The van der Waals surface area contributed by atoms with E-state index in [9.17, 15) is 9.90 Å². The normalized spacial score (nSPS) is 15.3. The number of fused-ring (bicyclic) bond motifs is 1. The zero-order chi connectivity index (χ0) is 35.0. The largest absolute Gasteiger partial charge is 0.508 e. The van der Waals surface area contributed by atoms with Crippen molar-refractivity contribution in [1.82, 2.24) is 9.80 Å². The molecule has 0 aromatic heterocycles. The predicted molar refractivity (Wildman–Crippen MR) is 195 cm³/mol. The molecule has 0 atom stereocenters. The number of amides is 1. The highest BCUT2D eigenvalue weighted by molar-refractivity contribution is 6.09. The number of hydrogen-bond acceptors (Lipinski definition) is 5. The second-order valence-electron chi connectivity index (χ2n) is 12.2. The van der Waals surface area contributed by atoms with Gasteiger partial charge in [0.25, 0.3) is 5.91 Å². The molecule has 46 heavy (non-hydrogen) atoms. The Labute approximate surface area is 280 Å². The third-order valence-corrected chi connectivity index (χ3v) is 8.44. The van der Waals surface area contributed by atoms with Gasteiger partial charge in [0, 0.05) is 43.7 Å². The van der Waals surface area contributed by atoms with Crippen LogP contribution in [0.4, 0.5) is 0 Å². The monoisotopic (exact) mass is 631 g/mol. The molecule has 1 N–H and O–H groups in total. The number of rotatable bonds is 9. The molecule has 254 valence electrons. The molecule has 1 aliphatic heterocycles. The molecule has 2 fully saturated rings. The minimum absolute atomic E-state index is 0.0505. The number of carbonyl (C=O) groups is 1. The molecular weight excluding hydrogens is 570 g/mol. The van der Waals surface area contributed by atoms with Gasteiger partial charge >= 0.3 is 0 Å². The summed E-state index contributed by atoms with van der Waals surface area (Å²) >= 11 is 0. The number of nitriles is 1. The number of benzene rings is 2. The first kappa shape index (κ1) is 40.3. The summed E-state index contributed by atoms with van der Waals surface area (Å²) in [5, 5.41) is 19.9. The Kier molecular flexibility index (Phi) is 17.3. The van der Waals surface area contributed by atoms with Crippen LogP contribution in [-0.4, -0.2) is 54.1 Å². The van der Waals surface area contributed by atoms with Gasteiger partial charge in [0.1, 0.15) is 5.75 Å². The molecule has 6 heteroatoms. The molecule has 2 aromatic carbocycles. The zero-order valence-corrected chi connectivity index (χ0v) is 30.6. The molecule has 2 aromatic rings. The third kappa shape index (κ3) is 11.9. The standard InChI is InChI=1S/C23H28N2O2.C9H16O.C4H5N.2C2H6/c1-6-10-24(5)17(4)21-14-25(13-16(21)3)23(27)20-12-19(26)11-18-9-7-8-15(2)22(18)20;1-4-9(5-6-9)7-10-8(2)3;5-3-4-1-2-4;2*1-2/h7-9,11-12,26H,4,6,10,13-14H2,1-3,5H3;2,4-7H2,1,3H3;4H,1-2H2;2*1-2H3. The number of carbonyl (C=O) groups excluding carboxylic acids is 1. The number of allylic oxidation sites excluding steroid dienone is 1. The number of nitrogens with zero attached hydrogens (tertiary/aromatic N) is 3. The van der Waals surface area contributed by atoms with Crippen LogP contribution < -0.4 is 0 Å². The highest BCUT2D eigenvalue weighted by atomic mass is 16.5. The van der Waals surface area contributed by atoms with E-state index in [-0.39, 0.29) is 11.7 Å². The van der Waals surface area contributed by atoms with Crippen molar-refractivity contribution in [3.05, 3.63) is 77.2 Å². The Bertz CT molecular complexity index is 1380. The number of ether oxygens (including phenoxy) is 1. The minimum atomic E-state index is -0.0505. The molecule has 3 aliphatic rings. The molecule has 2 aliphatic carbocycles. The van der Waals surface area contributed by atoms with E-state index in [2.05, 4.69) is 44.9 Å². The SMILES string of the molecule is C=C(C)OCC1(CC)CC1.C=C(C1=C(C)CN(C(=O)c2cc(O)cc3cccc(C)c23)C1)N(C)CCC.CC.CC.N#CC1CC1. The van der Waals surface area contributed by atoms with Crippen LogP contribution in [0.25, 0.3) is 10.8 Å². The van der Waals surface area contributed by atoms with Gasteiger partial charge in [-0.2, -0.15) is 5.26 Å². The fraction of sp³-hybridized carbons (Fsp3) is 0.550. The van der Waals surface area contributed by atoms with Gasteiger partial charge in [-0.05, 0) is 98.9 Å². The summed E-state index contributed by atoms with van der Waals surface area (Å²) in [6.45, 7) is 29.3. The summed E-state index contributed by atoms with van der Waals surface area (Å²) in [5.41, 5.74) is 5.44. The first-order valence-electron chi connectivity index (χ1n) is 17.2. The summed E-state index contributed by atoms with van der Waals surface area (Å²) in [7, 11) is 2.04. The highest BCUT2D eigenvalue weighted by Crippen LogP contribution is 2.48. The lowest BCUT2D eigenvalue weighted by molar-refractivity contribution is 0.0797. The van der Waals surface area contributed by atoms with Crippen molar-refractivity contribution < 1.29 is 14.6 Å². The van der Waals surface area contributed by atoms with Crippen molar-refractivity contribution in [3.8, 4) is 11.8 Å². The lowest BCUT2D eigenvalue weighted by Crippen LogP contribution is -2.30. The number of likely N-dealkylation sites (N-methyl/N-ethyl adjacent to an activating group) is 1. The smallest absolute Gasteiger partial charge is 0.255 e. The molecule has 0 saturated heterocycles. The van der Waals surface area contributed by atoms with Crippen LogP contribution in [0.2, 0.25) is 0 Å². The van der Waals surface area contributed by atoms with Crippen molar-refractivity contribution >= 4 is 16.7 Å². The van der Waals surface area contributed by atoms with E-state index in [0.29, 0.717) is 30.0 Å². The molecule has 0 radical (unpaired) electrons. The Morgan fingerprint density at radius 2 is 1.74 bits per heavy atom. The number of aryl methyl sites for hydroxylation is 1. The highest BCUT2D eigenvalue weighted by Gasteiger charge is 2.41. The van der Waals surface area contributed by atoms with Crippen LogP contribution in [0, 0.1) is 29.6 Å². The number of phenols is 1. The second kappa shape index (κ2) is 19.7. The van der Waals surface area contributed by atoms with Crippen LogP contribution >= 0.6 is 0 Å². The van der Waals surface area contributed by atoms with Crippen molar-refractivity contribution in [1.29, 1.82) is 5.26 Å². The quantitative estimate of drug-likeness (QED) is 0.279. The molecule has 0 spiro atoms. The van der Waals surface area contributed by atoms with Crippen LogP contribution in [-0.2, 0) is 4.74 Å². The summed E-state index contributed by atoms with van der Waals surface area (Å²) in [6.07, 6.45) is 7.29. The summed E-state index contributed by atoms with van der Waals surface area (Å²) in [5.74, 6) is 1.35. The van der Waals surface area contributed by atoms with Gasteiger partial charge in [-0.25, -0.2) is 0 Å². The van der Waals surface area contributed by atoms with Crippen molar-refractivity contribution in [3.63, 3.8) is 0 Å². The molecule has 2 saturated carbocycles. The first-order valence-corrected chi connectivity index (χ1v) is 17.2. The van der Waals surface area contributed by atoms with Gasteiger partial charge in [0.2, 0.25) is 0 Å². The maximum atomic E-state index is 13.3. The van der Waals surface area contributed by atoms with Gasteiger partial charge in [0.05, 0.1) is 24.0 Å². The second-order valence-corrected chi connectivity index (χ2v) is 12.2. The van der Waals surface area contributed by atoms with E-state index in [1.54, 1.807) is 12.1 Å². The predicted octanol–water partition coefficient (Wildman–Crippen LogP) is 10.2. The van der Waals surface area contributed by atoms with E-state index in [0.717, 1.165) is 65.8 Å². The zero-order valence-electron chi connectivity index (χ0n) is 30.6. The Morgan fingerprint density at radius 1 is 1.11 bits per heavy atom. The third-order valence-electron chi connectivity index (χ3n) is 8.44. The Hall–Kier alpha value is -3.72. The van der Waals surface area contributed by atoms with Crippen molar-refractivity contribution in [2.45, 2.75) is 101 Å². The topological polar surface area (TPSA) is 76.8 Å². The molecular formula is C40H61N3O3. The van der Waals surface area contributed by atoms with Crippen LogP contribution in [0.1, 0.15) is 110 Å². The van der Waals surface area contributed by atoms with Gasteiger partial charge in [-0.1, -0.05) is 72.9 Å². The Balaban J connectivity index is 0.000000453. The van der Waals surface area contributed by atoms with E-state index in [4.69, 9.17) is 10.00 Å². The molecule has 1 heterocycles. The Morgan fingerprint density at radius 3 is 2.22 bits per heavy atom. The molecule has 6 nitrogen and oxygen atoms in total. The van der Waals surface area contributed by atoms with Gasteiger partial charge < -0.3 is 19.6 Å². The lowest BCUT2D eigenvalue weighted by atomic mass is 9.98. The van der Waals surface area contributed by atoms with Crippen molar-refractivity contribution in [2.75, 3.05) is 33.3 Å². The molecule has 1 amide bonds. The lowest BCUT2D eigenvalue weighted by Gasteiger charge is -2.24. The molecule has 0 unspecified atom stereocenters. The van der Waals surface area contributed by atoms with Gasteiger partial charge in [-0.3, -0.25) is 4.79 Å². The van der Waals surface area contributed by atoms with Crippen LogP contribution in [0.3, 0.4) is 0 Å². The average molecular weight is 632 g/mol. The van der Waals surface area contributed by atoms with E-state index in [1.807, 2.05) is 71.7 Å². The average Bonchev–Trinajstić information content (AvgIpc) is 3.99. The maximum Gasteiger partial charge on any atom is 0.255 e. The summed E-state index contributed by atoms with van der Waals surface area (Å²) in [4.78, 5) is 17.3. The van der Waals surface area contributed by atoms with Crippen LogP contribution in [0.5, 0.6) is 5.75 Å². The maximum absolute atomic E-state index is 13.3. The fourth-order valence-corrected chi connectivity index (χ4v) is 5.15. The van der Waals surface area contributed by atoms with Gasteiger partial charge in [-0.15, -0.1) is 0 Å².